The zero-order chi connectivity index (χ0) is 30.5. The number of carbonyl (C=O) groups is 2. The Balaban J connectivity index is 0.934. The first-order valence-corrected chi connectivity index (χ1v) is 18.0. The van der Waals surface area contributed by atoms with E-state index in [1.807, 2.05) is 4.90 Å². The van der Waals surface area contributed by atoms with Crippen molar-refractivity contribution in [2.45, 2.75) is 129 Å². The van der Waals surface area contributed by atoms with Crippen molar-refractivity contribution < 1.29 is 33.3 Å². The molecule has 8 nitrogen and oxygen atoms in total. The molecule has 8 aliphatic rings. The molecule has 0 N–H and O–H groups in total. The van der Waals surface area contributed by atoms with Crippen LogP contribution in [0, 0.1) is 51.2 Å². The Hall–Kier alpha value is -1.38. The summed E-state index contributed by atoms with van der Waals surface area (Å²) in [5.41, 5.74) is 1.42. The Morgan fingerprint density at radius 3 is 2.52 bits per heavy atom. The molecule has 44 heavy (non-hydrogen) atoms. The van der Waals surface area contributed by atoms with E-state index in [4.69, 9.17) is 18.9 Å². The molecule has 2 heterocycles. The number of nitrogens with zero attached hydrogens (tertiary/aromatic N) is 1. The second kappa shape index (κ2) is 10.6. The van der Waals surface area contributed by atoms with Crippen molar-refractivity contribution in [3.8, 4) is 0 Å². The summed E-state index contributed by atoms with van der Waals surface area (Å²) in [4.78, 5) is 26.4. The highest BCUT2D eigenvalue weighted by molar-refractivity contribution is 5.76. The quantitative estimate of drug-likeness (QED) is 0.323. The maximum atomic E-state index is 12.8. The van der Waals surface area contributed by atoms with E-state index in [1.54, 1.807) is 0 Å². The summed E-state index contributed by atoms with van der Waals surface area (Å²) in [6.45, 7) is 9.73. The lowest BCUT2D eigenvalue weighted by atomic mass is 9.46. The van der Waals surface area contributed by atoms with E-state index in [1.165, 1.54) is 71.3 Å². The van der Waals surface area contributed by atoms with E-state index in [9.17, 15) is 9.59 Å². The fourth-order valence-electron chi connectivity index (χ4n) is 12.7. The molecular formula is C36H55NO7. The van der Waals surface area contributed by atoms with Crippen LogP contribution >= 0.6 is 0 Å². The van der Waals surface area contributed by atoms with E-state index in [0.717, 1.165) is 24.7 Å². The molecule has 0 aromatic rings. The van der Waals surface area contributed by atoms with Crippen molar-refractivity contribution in [3.63, 3.8) is 0 Å². The van der Waals surface area contributed by atoms with Crippen LogP contribution < -0.4 is 0 Å². The van der Waals surface area contributed by atoms with Gasteiger partial charge in [0.1, 0.15) is 6.61 Å². The summed E-state index contributed by atoms with van der Waals surface area (Å²) in [6.07, 6.45) is 15.1. The van der Waals surface area contributed by atoms with Crippen molar-refractivity contribution in [1.82, 2.24) is 4.90 Å². The van der Waals surface area contributed by atoms with Crippen molar-refractivity contribution in [1.29, 1.82) is 0 Å². The third kappa shape index (κ3) is 4.53. The first-order chi connectivity index (χ1) is 21.1. The molecule has 2 saturated heterocycles. The number of methoxy groups -OCH3 is 1. The number of fused-ring (bicyclic) bond motifs is 4. The van der Waals surface area contributed by atoms with Crippen LogP contribution in [0.3, 0.4) is 0 Å². The zero-order valence-corrected chi connectivity index (χ0v) is 27.5. The van der Waals surface area contributed by atoms with Gasteiger partial charge in [0.25, 0.3) is 0 Å². The molecule has 246 valence electrons. The number of amides is 1. The van der Waals surface area contributed by atoms with Crippen LogP contribution in [-0.4, -0.2) is 75.0 Å². The summed E-state index contributed by atoms with van der Waals surface area (Å²) in [7, 11) is 1.36. The summed E-state index contributed by atoms with van der Waals surface area (Å²) < 4.78 is 29.6. The van der Waals surface area contributed by atoms with E-state index < -0.39 is 6.16 Å². The number of hydrogen-bond donors (Lipinski definition) is 0. The minimum absolute atomic E-state index is 0.0105. The first-order valence-electron chi connectivity index (χ1n) is 18.0. The van der Waals surface area contributed by atoms with Crippen LogP contribution in [0.2, 0.25) is 0 Å². The molecule has 8 rings (SSSR count). The third-order valence-corrected chi connectivity index (χ3v) is 15.0. The highest BCUT2D eigenvalue weighted by atomic mass is 16.7. The Labute approximate surface area is 263 Å². The van der Waals surface area contributed by atoms with Gasteiger partial charge in [-0.1, -0.05) is 20.8 Å². The van der Waals surface area contributed by atoms with E-state index in [2.05, 4.69) is 25.5 Å². The van der Waals surface area contributed by atoms with Gasteiger partial charge in [-0.25, -0.2) is 4.79 Å². The number of ether oxygens (including phenoxy) is 5. The van der Waals surface area contributed by atoms with E-state index in [-0.39, 0.29) is 29.8 Å². The first kappa shape index (κ1) is 30.0. The molecule has 0 aromatic carbocycles. The van der Waals surface area contributed by atoms with Crippen molar-refractivity contribution in [2.75, 3.05) is 33.4 Å². The third-order valence-electron chi connectivity index (χ3n) is 15.0. The Morgan fingerprint density at radius 1 is 0.909 bits per heavy atom. The predicted octanol–water partition coefficient (Wildman–Crippen LogP) is 6.35. The van der Waals surface area contributed by atoms with Crippen LogP contribution in [0.1, 0.15) is 104 Å². The molecule has 6 aliphatic carbocycles. The molecule has 0 bridgehead atoms. The Morgan fingerprint density at radius 2 is 1.73 bits per heavy atom. The Kier molecular flexibility index (Phi) is 7.20. The lowest BCUT2D eigenvalue weighted by Crippen LogP contribution is -2.56. The summed E-state index contributed by atoms with van der Waals surface area (Å²) in [5.74, 6) is 3.75. The fourth-order valence-corrected chi connectivity index (χ4v) is 12.7. The topological polar surface area (TPSA) is 83.5 Å². The number of hydrogen-bond acceptors (Lipinski definition) is 7. The summed E-state index contributed by atoms with van der Waals surface area (Å²) >= 11 is 0. The normalized spacial score (nSPS) is 48.6. The van der Waals surface area contributed by atoms with Gasteiger partial charge in [0.05, 0.1) is 38.6 Å². The monoisotopic (exact) mass is 613 g/mol. The van der Waals surface area contributed by atoms with E-state index >= 15 is 0 Å². The van der Waals surface area contributed by atoms with Gasteiger partial charge in [-0.15, -0.1) is 0 Å². The lowest BCUT2D eigenvalue weighted by Gasteiger charge is -2.60. The minimum Gasteiger partial charge on any atom is -0.438 e. The molecule has 1 amide bonds. The largest absolute Gasteiger partial charge is 0.508 e. The second-order valence-corrected chi connectivity index (χ2v) is 17.1. The van der Waals surface area contributed by atoms with Crippen molar-refractivity contribution in [3.05, 3.63) is 0 Å². The molecule has 2 spiro atoms. The van der Waals surface area contributed by atoms with Crippen LogP contribution in [0.25, 0.3) is 0 Å². The molecule has 8 heteroatoms. The zero-order valence-electron chi connectivity index (χ0n) is 27.5. The van der Waals surface area contributed by atoms with Crippen molar-refractivity contribution >= 4 is 12.1 Å². The van der Waals surface area contributed by atoms with Gasteiger partial charge in [-0.3, -0.25) is 4.79 Å². The van der Waals surface area contributed by atoms with Gasteiger partial charge >= 0.3 is 6.16 Å². The predicted molar refractivity (Wildman–Crippen MR) is 162 cm³/mol. The number of rotatable bonds is 6. The van der Waals surface area contributed by atoms with Gasteiger partial charge in [0, 0.05) is 13.0 Å². The molecule has 8 unspecified atom stereocenters. The Bertz CT molecular complexity index is 1160. The van der Waals surface area contributed by atoms with Gasteiger partial charge in [0.15, 0.2) is 6.29 Å². The molecule has 8 fully saturated rings. The number of carbonyl (C=O) groups excluding carboxylic acids is 2. The molecule has 2 aliphatic heterocycles. The lowest BCUT2D eigenvalue weighted by molar-refractivity contribution is -0.244. The maximum absolute atomic E-state index is 12.8. The van der Waals surface area contributed by atoms with Gasteiger partial charge in [-0.05, 0) is 128 Å². The van der Waals surface area contributed by atoms with Gasteiger partial charge in [0.2, 0.25) is 5.91 Å². The van der Waals surface area contributed by atoms with E-state index in [0.29, 0.717) is 72.8 Å². The molecular weight excluding hydrogens is 558 g/mol. The van der Waals surface area contributed by atoms with Crippen LogP contribution in [0.4, 0.5) is 4.79 Å². The standard InChI is InChI=1S/C36H55NO7/c1-33(2)28-10-9-24-26-18-27-25(8-7-23(43-27)20-42-32(39)40-4)34(26,3)13-14-35(24)21-36(28,35)12-11-29(33)44-31-19-37(15-16-41-31)30(38)17-22-5-6-22/h22-29,31H,5-21H2,1-4H3/t23?,24?,25?,26?,27?,28?,29-,31?,34?,35-,36+/m0/s1. The van der Waals surface area contributed by atoms with Crippen LogP contribution in [-0.2, 0) is 28.5 Å². The summed E-state index contributed by atoms with van der Waals surface area (Å²) in [5, 5.41) is 0. The molecule has 6 saturated carbocycles. The molecule has 0 radical (unpaired) electrons. The molecule has 11 atom stereocenters. The van der Waals surface area contributed by atoms with Gasteiger partial charge < -0.3 is 28.6 Å². The maximum Gasteiger partial charge on any atom is 0.508 e. The number of morpholine rings is 1. The minimum atomic E-state index is -0.615. The average Bonchev–Trinajstić information content (AvgIpc) is 3.92. The smallest absolute Gasteiger partial charge is 0.438 e. The van der Waals surface area contributed by atoms with Crippen molar-refractivity contribution in [2.24, 2.45) is 51.2 Å². The highest BCUT2D eigenvalue weighted by Gasteiger charge is 2.80. The molecule has 0 aromatic heterocycles. The second-order valence-electron chi connectivity index (χ2n) is 17.1. The SMILES string of the molecule is COC(=O)OCC1CCC2C(CC3C4CCC5C(C)(C)[C@@H](OC6CN(C(=O)CC7CC7)CCO6)CC[C@@]56C[C@@]46CCC23C)O1. The highest BCUT2D eigenvalue weighted by Crippen LogP contribution is 2.87. The van der Waals surface area contributed by atoms with Gasteiger partial charge in [-0.2, -0.15) is 0 Å². The average molecular weight is 614 g/mol. The summed E-state index contributed by atoms with van der Waals surface area (Å²) in [6, 6.07) is 0. The van der Waals surface area contributed by atoms with Crippen LogP contribution in [0.15, 0.2) is 0 Å². The van der Waals surface area contributed by atoms with Crippen LogP contribution in [0.5, 0.6) is 0 Å². The fraction of sp³-hybridized carbons (Fsp3) is 0.944.